The van der Waals surface area contributed by atoms with Crippen LogP contribution < -0.4 is 5.32 Å². The summed E-state index contributed by atoms with van der Waals surface area (Å²) in [4.78, 5) is 13.1. The zero-order valence-electron chi connectivity index (χ0n) is 12.7. The van der Waals surface area contributed by atoms with Crippen molar-refractivity contribution in [2.45, 2.75) is 38.0 Å². The molecule has 0 aromatic heterocycles. The van der Waals surface area contributed by atoms with Crippen molar-refractivity contribution in [2.75, 3.05) is 5.32 Å². The molecule has 0 saturated heterocycles. The third-order valence-electron chi connectivity index (χ3n) is 4.68. The average molecular weight is 358 g/mol. The molecule has 1 aliphatic carbocycles. The van der Waals surface area contributed by atoms with Gasteiger partial charge in [-0.05, 0) is 49.1 Å². The van der Waals surface area contributed by atoms with Crippen LogP contribution in [0, 0.1) is 6.92 Å². The van der Waals surface area contributed by atoms with E-state index in [2.05, 4.69) is 33.4 Å². The zero-order chi connectivity index (χ0) is 15.6. The second-order valence-corrected chi connectivity index (χ2v) is 6.98. The van der Waals surface area contributed by atoms with Crippen LogP contribution in [0.25, 0.3) is 0 Å². The van der Waals surface area contributed by atoms with Crippen LogP contribution in [0.1, 0.15) is 36.8 Å². The van der Waals surface area contributed by atoms with E-state index in [1.807, 2.05) is 43.3 Å². The number of nitrogens with one attached hydrogen (secondary N) is 1. The lowest BCUT2D eigenvalue weighted by molar-refractivity contribution is -0.121. The average Bonchev–Trinajstić information content (AvgIpc) is 3.01. The summed E-state index contributed by atoms with van der Waals surface area (Å²) < 4.78 is 1.05. The predicted molar refractivity (Wildman–Crippen MR) is 94.1 cm³/mol. The number of hydrogen-bond donors (Lipinski definition) is 1. The maximum Gasteiger partial charge on any atom is 0.235 e. The van der Waals surface area contributed by atoms with Gasteiger partial charge < -0.3 is 5.32 Å². The number of carbonyl (C=O) groups excluding carboxylic acids is 1. The number of anilines is 1. The molecule has 2 nitrogen and oxygen atoms in total. The van der Waals surface area contributed by atoms with Gasteiger partial charge in [0.15, 0.2) is 0 Å². The number of amides is 1. The van der Waals surface area contributed by atoms with Crippen molar-refractivity contribution in [1.82, 2.24) is 0 Å². The lowest BCUT2D eigenvalue weighted by atomic mass is 9.78. The highest BCUT2D eigenvalue weighted by Gasteiger charge is 2.42. The summed E-state index contributed by atoms with van der Waals surface area (Å²) in [7, 11) is 0. The van der Waals surface area contributed by atoms with Crippen molar-refractivity contribution in [3.8, 4) is 0 Å². The van der Waals surface area contributed by atoms with Crippen molar-refractivity contribution in [2.24, 2.45) is 0 Å². The van der Waals surface area contributed by atoms with Crippen LogP contribution >= 0.6 is 15.9 Å². The Morgan fingerprint density at radius 1 is 1.05 bits per heavy atom. The van der Waals surface area contributed by atoms with Gasteiger partial charge in [0.05, 0.1) is 5.41 Å². The summed E-state index contributed by atoms with van der Waals surface area (Å²) in [6.07, 6.45) is 4.06. The smallest absolute Gasteiger partial charge is 0.235 e. The van der Waals surface area contributed by atoms with Crippen molar-refractivity contribution in [3.63, 3.8) is 0 Å². The molecule has 22 heavy (non-hydrogen) atoms. The highest BCUT2D eigenvalue weighted by atomic mass is 79.9. The van der Waals surface area contributed by atoms with Gasteiger partial charge in [0.2, 0.25) is 5.91 Å². The fourth-order valence-corrected chi connectivity index (χ4v) is 3.61. The normalized spacial score (nSPS) is 16.5. The first kappa shape index (κ1) is 15.3. The van der Waals surface area contributed by atoms with E-state index in [1.54, 1.807) is 0 Å². The van der Waals surface area contributed by atoms with E-state index in [-0.39, 0.29) is 11.3 Å². The molecule has 1 fully saturated rings. The number of benzene rings is 2. The van der Waals surface area contributed by atoms with Crippen LogP contribution in [0.3, 0.4) is 0 Å². The molecule has 1 aliphatic rings. The highest BCUT2D eigenvalue weighted by Crippen LogP contribution is 2.42. The molecule has 0 atom stereocenters. The predicted octanol–water partition coefficient (Wildman–Crippen LogP) is 5.21. The van der Waals surface area contributed by atoms with Crippen LogP contribution in [0.15, 0.2) is 53.0 Å². The molecule has 2 aromatic carbocycles. The van der Waals surface area contributed by atoms with Crippen molar-refractivity contribution in [3.05, 3.63) is 64.1 Å². The van der Waals surface area contributed by atoms with Crippen LogP contribution in [0.2, 0.25) is 0 Å². The van der Waals surface area contributed by atoms with Gasteiger partial charge in [-0.15, -0.1) is 0 Å². The van der Waals surface area contributed by atoms with Gasteiger partial charge >= 0.3 is 0 Å². The number of aryl methyl sites for hydroxylation is 1. The van der Waals surface area contributed by atoms with Gasteiger partial charge in [-0.2, -0.15) is 0 Å². The summed E-state index contributed by atoms with van der Waals surface area (Å²) in [5, 5.41) is 3.16. The quantitative estimate of drug-likeness (QED) is 0.802. The lowest BCUT2D eigenvalue weighted by Gasteiger charge is -2.28. The molecule has 1 N–H and O–H groups in total. The van der Waals surface area contributed by atoms with E-state index in [1.165, 1.54) is 0 Å². The van der Waals surface area contributed by atoms with Crippen molar-refractivity contribution < 1.29 is 4.79 Å². The summed E-state index contributed by atoms with van der Waals surface area (Å²) in [6, 6.07) is 16.1. The van der Waals surface area contributed by atoms with Gasteiger partial charge in [0.1, 0.15) is 0 Å². The van der Waals surface area contributed by atoms with E-state index in [0.29, 0.717) is 0 Å². The zero-order valence-corrected chi connectivity index (χ0v) is 14.3. The molecule has 0 spiro atoms. The number of carbonyl (C=O) groups is 1. The number of para-hydroxylation sites is 1. The van der Waals surface area contributed by atoms with E-state index in [9.17, 15) is 4.79 Å². The Hall–Kier alpha value is -1.61. The summed E-state index contributed by atoms with van der Waals surface area (Å²) >= 11 is 3.47. The monoisotopic (exact) mass is 357 g/mol. The van der Waals surface area contributed by atoms with Crippen LogP contribution in [-0.4, -0.2) is 5.91 Å². The van der Waals surface area contributed by atoms with Crippen molar-refractivity contribution in [1.29, 1.82) is 0 Å². The number of halogens is 1. The third kappa shape index (κ3) is 2.82. The standard InChI is InChI=1S/C19H20BrNO/c1-14-6-2-3-7-17(14)21-18(22)19(12-4-5-13-19)15-8-10-16(20)11-9-15/h2-3,6-11H,4-5,12-13H2,1H3,(H,21,22). The summed E-state index contributed by atoms with van der Waals surface area (Å²) in [6.45, 7) is 2.02. The minimum absolute atomic E-state index is 0.127. The highest BCUT2D eigenvalue weighted by molar-refractivity contribution is 9.10. The molecule has 0 radical (unpaired) electrons. The Bertz CT molecular complexity index is 672. The molecule has 114 valence electrons. The van der Waals surface area contributed by atoms with E-state index >= 15 is 0 Å². The molecular formula is C19H20BrNO. The minimum Gasteiger partial charge on any atom is -0.325 e. The molecule has 2 aromatic rings. The topological polar surface area (TPSA) is 29.1 Å². The van der Waals surface area contributed by atoms with Gasteiger partial charge in [-0.3, -0.25) is 4.79 Å². The van der Waals surface area contributed by atoms with Crippen molar-refractivity contribution >= 4 is 27.5 Å². The Labute approximate surface area is 140 Å². The van der Waals surface area contributed by atoms with Gasteiger partial charge in [-0.25, -0.2) is 0 Å². The largest absolute Gasteiger partial charge is 0.325 e. The summed E-state index contributed by atoms with van der Waals surface area (Å²) in [5.41, 5.74) is 2.75. The fraction of sp³-hybridized carbons (Fsp3) is 0.316. The molecule has 1 amide bonds. The number of hydrogen-bond acceptors (Lipinski definition) is 1. The van der Waals surface area contributed by atoms with E-state index in [0.717, 1.165) is 47.0 Å². The van der Waals surface area contributed by atoms with E-state index in [4.69, 9.17) is 0 Å². The maximum atomic E-state index is 13.1. The Morgan fingerprint density at radius 3 is 2.32 bits per heavy atom. The Morgan fingerprint density at radius 2 is 1.68 bits per heavy atom. The molecule has 0 heterocycles. The van der Waals surface area contributed by atoms with Gasteiger partial charge in [0.25, 0.3) is 0 Å². The first-order valence-corrected chi connectivity index (χ1v) is 8.54. The first-order chi connectivity index (χ1) is 10.6. The molecule has 0 unspecified atom stereocenters. The van der Waals surface area contributed by atoms with Crippen LogP contribution in [0.4, 0.5) is 5.69 Å². The fourth-order valence-electron chi connectivity index (χ4n) is 3.35. The Kier molecular flexibility index (Phi) is 4.34. The summed E-state index contributed by atoms with van der Waals surface area (Å²) in [5.74, 6) is 0.127. The second kappa shape index (κ2) is 6.25. The Balaban J connectivity index is 1.92. The molecule has 0 bridgehead atoms. The second-order valence-electron chi connectivity index (χ2n) is 6.07. The number of rotatable bonds is 3. The van der Waals surface area contributed by atoms with E-state index < -0.39 is 0 Å². The van der Waals surface area contributed by atoms with Crippen LogP contribution in [0.5, 0.6) is 0 Å². The molecule has 1 saturated carbocycles. The van der Waals surface area contributed by atoms with Crippen LogP contribution in [-0.2, 0) is 10.2 Å². The molecular weight excluding hydrogens is 338 g/mol. The molecule has 3 heteroatoms. The SMILES string of the molecule is Cc1ccccc1NC(=O)C1(c2ccc(Br)cc2)CCCC1. The molecule has 0 aliphatic heterocycles. The minimum atomic E-state index is -0.386. The molecule has 3 rings (SSSR count). The van der Waals surface area contributed by atoms with Gasteiger partial charge in [0, 0.05) is 10.2 Å². The third-order valence-corrected chi connectivity index (χ3v) is 5.21. The maximum absolute atomic E-state index is 13.1. The lowest BCUT2D eigenvalue weighted by Crippen LogP contribution is -2.38. The first-order valence-electron chi connectivity index (χ1n) is 7.75. The van der Waals surface area contributed by atoms with Gasteiger partial charge in [-0.1, -0.05) is 59.1 Å².